The minimum absolute atomic E-state index is 0.0446. The molecule has 9 heteroatoms. The van der Waals surface area contributed by atoms with Gasteiger partial charge in [0.05, 0.1) is 0 Å². The molecule has 0 aliphatic heterocycles. The molecule has 0 saturated carbocycles. The first kappa shape index (κ1) is 17.8. The molecule has 2 N–H and O–H groups in total. The Morgan fingerprint density at radius 3 is 2.41 bits per heavy atom. The molecule has 1 aromatic rings. The number of hydrogen-bond acceptors (Lipinski definition) is 4. The fourth-order valence-electron chi connectivity index (χ4n) is 1.29. The highest BCUT2D eigenvalue weighted by Gasteiger charge is 2.27. The van der Waals surface area contributed by atoms with Crippen molar-refractivity contribution in [3.63, 3.8) is 0 Å². The molecule has 0 aromatic heterocycles. The number of rotatable bonds is 7. The zero-order valence-corrected chi connectivity index (χ0v) is 11.5. The number of benzene rings is 1. The zero-order valence-electron chi connectivity index (χ0n) is 11.5. The lowest BCUT2D eigenvalue weighted by atomic mass is 10.2. The van der Waals surface area contributed by atoms with E-state index in [-0.39, 0.29) is 6.61 Å². The third-order valence-corrected chi connectivity index (χ3v) is 2.24. The zero-order chi connectivity index (χ0) is 16.4. The van der Waals surface area contributed by atoms with Crippen LogP contribution in [0.3, 0.4) is 0 Å². The van der Waals surface area contributed by atoms with Crippen molar-refractivity contribution in [2.75, 3.05) is 19.9 Å². The number of alkyl carbamates (subject to hydrolysis) is 1. The monoisotopic (exact) mass is 320 g/mol. The fraction of sp³-hybridized carbons (Fsp3) is 0.385. The van der Waals surface area contributed by atoms with Crippen LogP contribution in [0.2, 0.25) is 0 Å². The van der Waals surface area contributed by atoms with Crippen LogP contribution in [0, 0.1) is 0 Å². The lowest BCUT2D eigenvalue weighted by Crippen LogP contribution is -2.38. The van der Waals surface area contributed by atoms with Crippen molar-refractivity contribution < 1.29 is 32.2 Å². The van der Waals surface area contributed by atoms with E-state index >= 15 is 0 Å². The van der Waals surface area contributed by atoms with Crippen molar-refractivity contribution in [1.29, 1.82) is 0 Å². The SMILES string of the molecule is O=C(CNC(=O)OCc1ccccc1)NCOCC(F)(F)F. The summed E-state index contributed by atoms with van der Waals surface area (Å²) >= 11 is 0. The van der Waals surface area contributed by atoms with Gasteiger partial charge in [-0.15, -0.1) is 0 Å². The third kappa shape index (κ3) is 8.80. The Kier molecular flexibility index (Phi) is 7.17. The molecule has 0 bridgehead atoms. The van der Waals surface area contributed by atoms with Crippen LogP contribution in [-0.4, -0.2) is 38.1 Å². The largest absolute Gasteiger partial charge is 0.445 e. The summed E-state index contributed by atoms with van der Waals surface area (Å²) in [5, 5.41) is 4.21. The van der Waals surface area contributed by atoms with Gasteiger partial charge in [0.2, 0.25) is 5.91 Å². The van der Waals surface area contributed by atoms with Gasteiger partial charge in [-0.05, 0) is 5.56 Å². The topological polar surface area (TPSA) is 76.7 Å². The van der Waals surface area contributed by atoms with Gasteiger partial charge >= 0.3 is 12.3 Å². The smallest absolute Gasteiger partial charge is 0.411 e. The first-order valence-corrected chi connectivity index (χ1v) is 6.22. The Morgan fingerprint density at radius 2 is 1.77 bits per heavy atom. The summed E-state index contributed by atoms with van der Waals surface area (Å²) in [6.45, 7) is -2.44. The van der Waals surface area contributed by atoms with E-state index in [4.69, 9.17) is 4.74 Å². The number of hydrogen-bond donors (Lipinski definition) is 2. The van der Waals surface area contributed by atoms with Crippen LogP contribution in [0.15, 0.2) is 30.3 Å². The van der Waals surface area contributed by atoms with Gasteiger partial charge in [-0.25, -0.2) is 4.79 Å². The molecule has 2 amide bonds. The molecular weight excluding hydrogens is 305 g/mol. The molecule has 1 rings (SSSR count). The van der Waals surface area contributed by atoms with E-state index in [1.807, 2.05) is 6.07 Å². The molecule has 0 spiro atoms. The first-order chi connectivity index (χ1) is 10.4. The molecule has 0 aliphatic rings. The second-order valence-electron chi connectivity index (χ2n) is 4.12. The summed E-state index contributed by atoms with van der Waals surface area (Å²) in [5.41, 5.74) is 0.780. The first-order valence-electron chi connectivity index (χ1n) is 6.22. The Balaban J connectivity index is 2.09. The van der Waals surface area contributed by atoms with Crippen molar-refractivity contribution in [3.8, 4) is 0 Å². The Labute approximate surface area is 124 Å². The van der Waals surface area contributed by atoms with E-state index in [0.29, 0.717) is 0 Å². The van der Waals surface area contributed by atoms with Crippen LogP contribution in [-0.2, 0) is 20.9 Å². The Hall–Kier alpha value is -2.29. The molecule has 0 radical (unpaired) electrons. The fourth-order valence-corrected chi connectivity index (χ4v) is 1.29. The van der Waals surface area contributed by atoms with Gasteiger partial charge in [-0.3, -0.25) is 4.79 Å². The normalized spacial score (nSPS) is 10.9. The summed E-state index contributed by atoms with van der Waals surface area (Å²) in [7, 11) is 0. The van der Waals surface area contributed by atoms with E-state index in [2.05, 4.69) is 15.4 Å². The summed E-state index contributed by atoms with van der Waals surface area (Å²) in [5.74, 6) is -0.696. The molecule has 0 unspecified atom stereocenters. The number of nitrogens with one attached hydrogen (secondary N) is 2. The molecule has 0 aliphatic carbocycles. The standard InChI is InChI=1S/C13H15F3N2O4/c14-13(15,16)8-21-9-18-11(19)6-17-12(20)22-7-10-4-2-1-3-5-10/h1-5H,6-9H2,(H,17,20)(H,18,19). The van der Waals surface area contributed by atoms with Crippen LogP contribution >= 0.6 is 0 Å². The number of carbonyl (C=O) groups is 2. The maximum atomic E-state index is 11.7. The highest BCUT2D eigenvalue weighted by molar-refractivity contribution is 5.81. The Bertz CT molecular complexity index is 480. The minimum Gasteiger partial charge on any atom is -0.445 e. The highest BCUT2D eigenvalue weighted by atomic mass is 19.4. The molecule has 0 atom stereocenters. The van der Waals surface area contributed by atoms with E-state index < -0.39 is 38.1 Å². The minimum atomic E-state index is -4.45. The lowest BCUT2D eigenvalue weighted by molar-refractivity contribution is -0.176. The van der Waals surface area contributed by atoms with Gasteiger partial charge in [0.1, 0.15) is 26.5 Å². The molecule has 0 saturated heterocycles. The van der Waals surface area contributed by atoms with Gasteiger partial charge in [-0.2, -0.15) is 13.2 Å². The number of alkyl halides is 3. The van der Waals surface area contributed by atoms with Crippen molar-refractivity contribution in [1.82, 2.24) is 10.6 Å². The number of halogens is 3. The van der Waals surface area contributed by atoms with Crippen LogP contribution in [0.25, 0.3) is 0 Å². The van der Waals surface area contributed by atoms with E-state index in [1.54, 1.807) is 24.3 Å². The van der Waals surface area contributed by atoms with Crippen molar-refractivity contribution in [3.05, 3.63) is 35.9 Å². The maximum Gasteiger partial charge on any atom is 0.411 e. The van der Waals surface area contributed by atoms with Crippen LogP contribution in [0.4, 0.5) is 18.0 Å². The van der Waals surface area contributed by atoms with Crippen LogP contribution in [0.1, 0.15) is 5.56 Å². The van der Waals surface area contributed by atoms with Gasteiger partial charge < -0.3 is 20.1 Å². The molecular formula is C13H15F3N2O4. The average Bonchev–Trinajstić information content (AvgIpc) is 2.47. The summed E-state index contributed by atoms with van der Waals surface area (Å²) in [6, 6.07) is 8.90. The molecule has 22 heavy (non-hydrogen) atoms. The van der Waals surface area contributed by atoms with Crippen LogP contribution in [0.5, 0.6) is 0 Å². The second kappa shape index (κ2) is 8.88. The summed E-state index contributed by atoms with van der Waals surface area (Å²) in [6.07, 6.45) is -5.26. The predicted molar refractivity (Wildman–Crippen MR) is 69.6 cm³/mol. The lowest BCUT2D eigenvalue weighted by Gasteiger charge is -2.09. The van der Waals surface area contributed by atoms with Crippen molar-refractivity contribution in [2.45, 2.75) is 12.8 Å². The van der Waals surface area contributed by atoms with Crippen molar-refractivity contribution >= 4 is 12.0 Å². The summed E-state index contributed by atoms with van der Waals surface area (Å²) in [4.78, 5) is 22.5. The summed E-state index contributed by atoms with van der Waals surface area (Å²) < 4.78 is 44.3. The van der Waals surface area contributed by atoms with Gasteiger partial charge in [0, 0.05) is 0 Å². The van der Waals surface area contributed by atoms with Crippen LogP contribution < -0.4 is 10.6 Å². The quantitative estimate of drug-likeness (QED) is 0.590. The average molecular weight is 320 g/mol. The molecule has 0 heterocycles. The Morgan fingerprint density at radius 1 is 1.09 bits per heavy atom. The molecule has 0 fully saturated rings. The second-order valence-corrected chi connectivity index (χ2v) is 4.12. The van der Waals surface area contributed by atoms with Crippen molar-refractivity contribution in [2.24, 2.45) is 0 Å². The van der Waals surface area contributed by atoms with Gasteiger partial charge in [0.25, 0.3) is 0 Å². The van der Waals surface area contributed by atoms with E-state index in [9.17, 15) is 22.8 Å². The number of amides is 2. The van der Waals surface area contributed by atoms with E-state index in [1.165, 1.54) is 0 Å². The highest BCUT2D eigenvalue weighted by Crippen LogP contribution is 2.13. The predicted octanol–water partition coefficient (Wildman–Crippen LogP) is 1.57. The van der Waals surface area contributed by atoms with E-state index in [0.717, 1.165) is 5.56 Å². The number of ether oxygens (including phenoxy) is 2. The third-order valence-electron chi connectivity index (χ3n) is 2.24. The van der Waals surface area contributed by atoms with Gasteiger partial charge in [0.15, 0.2) is 0 Å². The number of carbonyl (C=O) groups excluding carboxylic acids is 2. The molecule has 1 aromatic carbocycles. The molecule has 6 nitrogen and oxygen atoms in total. The van der Waals surface area contributed by atoms with Gasteiger partial charge in [-0.1, -0.05) is 30.3 Å². The maximum absolute atomic E-state index is 11.7. The molecule has 122 valence electrons.